The molecule has 1 aromatic carbocycles. The molecule has 0 spiro atoms. The Morgan fingerprint density at radius 2 is 2.13 bits per heavy atom. The molecule has 0 unspecified atom stereocenters. The van der Waals surface area contributed by atoms with Crippen LogP contribution in [-0.2, 0) is 0 Å². The first-order chi connectivity index (χ1) is 7.04. The first-order valence-corrected chi connectivity index (χ1v) is 5.02. The van der Waals surface area contributed by atoms with Gasteiger partial charge in [0.15, 0.2) is 0 Å². The van der Waals surface area contributed by atoms with Gasteiger partial charge in [0.2, 0.25) is 5.95 Å². The maximum atomic E-state index is 5.87. The van der Waals surface area contributed by atoms with Crippen LogP contribution >= 0.6 is 0 Å². The Morgan fingerprint density at radius 3 is 2.80 bits per heavy atom. The van der Waals surface area contributed by atoms with Crippen LogP contribution in [0.3, 0.4) is 0 Å². The lowest BCUT2D eigenvalue weighted by molar-refractivity contribution is 0.548. The highest BCUT2D eigenvalue weighted by Crippen LogP contribution is 2.13. The maximum Gasteiger partial charge on any atom is 0.201 e. The lowest BCUT2D eigenvalue weighted by Crippen LogP contribution is -2.39. The van der Waals surface area contributed by atoms with Gasteiger partial charge in [-0.25, -0.2) is 4.98 Å². The Bertz CT molecular complexity index is 420. The molecule has 0 fully saturated rings. The minimum Gasteiger partial charge on any atom is -0.354 e. The average Bonchev–Trinajstić information content (AvgIpc) is 2.56. The van der Waals surface area contributed by atoms with Crippen molar-refractivity contribution >= 4 is 17.0 Å². The molecule has 2 rings (SSSR count). The third-order valence-corrected chi connectivity index (χ3v) is 2.10. The third-order valence-electron chi connectivity index (χ3n) is 2.10. The van der Waals surface area contributed by atoms with E-state index in [1.165, 1.54) is 0 Å². The van der Waals surface area contributed by atoms with Gasteiger partial charge in [-0.05, 0) is 26.0 Å². The Morgan fingerprint density at radius 1 is 1.40 bits per heavy atom. The van der Waals surface area contributed by atoms with Crippen molar-refractivity contribution in [2.45, 2.75) is 19.4 Å². The lowest BCUT2D eigenvalue weighted by Gasteiger charge is -2.18. The van der Waals surface area contributed by atoms with E-state index in [1.807, 2.05) is 38.1 Å². The fraction of sp³-hybridized carbons (Fsp3) is 0.364. The summed E-state index contributed by atoms with van der Waals surface area (Å²) in [5.41, 5.74) is 7.64. The number of nitrogens with one attached hydrogen (secondary N) is 2. The largest absolute Gasteiger partial charge is 0.354 e. The SMILES string of the molecule is CC(C)(N)CNc1nc2ccccc2[nH]1. The standard InChI is InChI=1S/C11H16N4/c1-11(2,12)7-13-10-14-8-5-3-4-6-9(8)15-10/h3-6H,7,12H2,1-2H3,(H2,13,14,15). The van der Waals surface area contributed by atoms with E-state index in [4.69, 9.17) is 5.73 Å². The molecule has 0 aliphatic heterocycles. The quantitative estimate of drug-likeness (QED) is 0.713. The first-order valence-electron chi connectivity index (χ1n) is 5.02. The molecule has 15 heavy (non-hydrogen) atoms. The second kappa shape index (κ2) is 3.55. The highest BCUT2D eigenvalue weighted by molar-refractivity contribution is 5.77. The van der Waals surface area contributed by atoms with E-state index >= 15 is 0 Å². The van der Waals surface area contributed by atoms with Crippen LogP contribution in [0.2, 0.25) is 0 Å². The van der Waals surface area contributed by atoms with Gasteiger partial charge in [0.1, 0.15) is 0 Å². The summed E-state index contributed by atoms with van der Waals surface area (Å²) in [5.74, 6) is 0.773. The Balaban J connectivity index is 2.16. The molecular weight excluding hydrogens is 188 g/mol. The van der Waals surface area contributed by atoms with Gasteiger partial charge in [-0.15, -0.1) is 0 Å². The Hall–Kier alpha value is -1.55. The minimum absolute atomic E-state index is 0.237. The second-order valence-electron chi connectivity index (χ2n) is 4.44. The molecule has 0 saturated carbocycles. The summed E-state index contributed by atoms with van der Waals surface area (Å²) >= 11 is 0. The van der Waals surface area contributed by atoms with Crippen LogP contribution in [0.5, 0.6) is 0 Å². The molecule has 0 aliphatic carbocycles. The summed E-state index contributed by atoms with van der Waals surface area (Å²) in [6, 6.07) is 7.93. The molecule has 4 heteroatoms. The zero-order valence-electron chi connectivity index (χ0n) is 9.04. The van der Waals surface area contributed by atoms with Crippen LogP contribution in [0.25, 0.3) is 11.0 Å². The molecule has 0 amide bonds. The van der Waals surface area contributed by atoms with E-state index in [1.54, 1.807) is 0 Å². The smallest absolute Gasteiger partial charge is 0.201 e. The van der Waals surface area contributed by atoms with Crippen molar-refractivity contribution in [3.63, 3.8) is 0 Å². The van der Waals surface area contributed by atoms with Crippen molar-refractivity contribution in [3.8, 4) is 0 Å². The molecule has 0 bridgehead atoms. The summed E-state index contributed by atoms with van der Waals surface area (Å²) in [5, 5.41) is 3.18. The molecule has 2 aromatic rings. The van der Waals surface area contributed by atoms with Gasteiger partial charge < -0.3 is 16.0 Å². The monoisotopic (exact) mass is 204 g/mol. The van der Waals surface area contributed by atoms with Crippen LogP contribution in [0.15, 0.2) is 24.3 Å². The maximum absolute atomic E-state index is 5.87. The van der Waals surface area contributed by atoms with Crippen LogP contribution in [0, 0.1) is 0 Å². The highest BCUT2D eigenvalue weighted by atomic mass is 15.1. The van der Waals surface area contributed by atoms with E-state index in [-0.39, 0.29) is 5.54 Å². The third kappa shape index (κ3) is 2.47. The molecule has 0 radical (unpaired) electrons. The summed E-state index contributed by atoms with van der Waals surface area (Å²) in [6.45, 7) is 4.64. The van der Waals surface area contributed by atoms with Crippen LogP contribution in [0.1, 0.15) is 13.8 Å². The number of anilines is 1. The molecule has 0 saturated heterocycles. The topological polar surface area (TPSA) is 66.7 Å². The summed E-state index contributed by atoms with van der Waals surface area (Å²) in [7, 11) is 0. The highest BCUT2D eigenvalue weighted by Gasteiger charge is 2.10. The van der Waals surface area contributed by atoms with Gasteiger partial charge in [0, 0.05) is 12.1 Å². The van der Waals surface area contributed by atoms with Crippen molar-refractivity contribution in [2.24, 2.45) is 5.73 Å². The summed E-state index contributed by atoms with van der Waals surface area (Å²) in [6.07, 6.45) is 0. The number of para-hydroxylation sites is 2. The van der Waals surface area contributed by atoms with Crippen molar-refractivity contribution in [3.05, 3.63) is 24.3 Å². The molecular formula is C11H16N4. The van der Waals surface area contributed by atoms with Crippen molar-refractivity contribution < 1.29 is 0 Å². The van der Waals surface area contributed by atoms with Crippen molar-refractivity contribution in [2.75, 3.05) is 11.9 Å². The fourth-order valence-electron chi connectivity index (χ4n) is 1.35. The van der Waals surface area contributed by atoms with Gasteiger partial charge in [-0.3, -0.25) is 0 Å². The van der Waals surface area contributed by atoms with E-state index < -0.39 is 0 Å². The van der Waals surface area contributed by atoms with Crippen molar-refractivity contribution in [1.82, 2.24) is 9.97 Å². The van der Waals surface area contributed by atoms with Crippen molar-refractivity contribution in [1.29, 1.82) is 0 Å². The zero-order valence-corrected chi connectivity index (χ0v) is 9.04. The predicted octanol–water partition coefficient (Wildman–Crippen LogP) is 1.71. The molecule has 80 valence electrons. The normalized spacial score (nSPS) is 11.9. The van der Waals surface area contributed by atoms with Gasteiger partial charge in [-0.1, -0.05) is 12.1 Å². The van der Waals surface area contributed by atoms with Crippen LogP contribution in [0.4, 0.5) is 5.95 Å². The number of aromatic amines is 1. The van der Waals surface area contributed by atoms with Crippen LogP contribution in [-0.4, -0.2) is 22.1 Å². The number of rotatable bonds is 3. The number of benzene rings is 1. The Labute approximate surface area is 88.9 Å². The van der Waals surface area contributed by atoms with E-state index in [2.05, 4.69) is 15.3 Å². The molecule has 4 nitrogen and oxygen atoms in total. The number of aromatic nitrogens is 2. The molecule has 1 heterocycles. The number of nitrogens with two attached hydrogens (primary N) is 1. The van der Waals surface area contributed by atoms with Crippen LogP contribution < -0.4 is 11.1 Å². The molecule has 0 aliphatic rings. The molecule has 0 atom stereocenters. The van der Waals surface area contributed by atoms with Gasteiger partial charge in [0.25, 0.3) is 0 Å². The predicted molar refractivity (Wildman–Crippen MR) is 62.8 cm³/mol. The van der Waals surface area contributed by atoms with E-state index in [0.29, 0.717) is 6.54 Å². The van der Waals surface area contributed by atoms with E-state index in [9.17, 15) is 0 Å². The number of hydrogen-bond acceptors (Lipinski definition) is 3. The fourth-order valence-corrected chi connectivity index (χ4v) is 1.35. The summed E-state index contributed by atoms with van der Waals surface area (Å²) < 4.78 is 0. The second-order valence-corrected chi connectivity index (χ2v) is 4.44. The van der Waals surface area contributed by atoms with Gasteiger partial charge >= 0.3 is 0 Å². The lowest BCUT2D eigenvalue weighted by atomic mass is 10.1. The zero-order chi connectivity index (χ0) is 10.9. The Kier molecular flexibility index (Phi) is 2.36. The number of fused-ring (bicyclic) bond motifs is 1. The summed E-state index contributed by atoms with van der Waals surface area (Å²) in [4.78, 5) is 7.58. The van der Waals surface area contributed by atoms with E-state index in [0.717, 1.165) is 17.0 Å². The van der Waals surface area contributed by atoms with Gasteiger partial charge in [0.05, 0.1) is 11.0 Å². The number of nitrogens with zero attached hydrogens (tertiary/aromatic N) is 1. The number of hydrogen-bond donors (Lipinski definition) is 3. The number of imidazole rings is 1. The average molecular weight is 204 g/mol. The van der Waals surface area contributed by atoms with Gasteiger partial charge in [-0.2, -0.15) is 0 Å². The molecule has 1 aromatic heterocycles. The number of H-pyrrole nitrogens is 1. The molecule has 4 N–H and O–H groups in total. The minimum atomic E-state index is -0.237. The first kappa shape index (κ1) is 9.98.